The Kier molecular flexibility index (Phi) is 3.39. The molecular weight excluding hydrogens is 232 g/mol. The lowest BCUT2D eigenvalue weighted by atomic mass is 9.74. The molecule has 0 spiro atoms. The summed E-state index contributed by atoms with van der Waals surface area (Å²) >= 11 is 0. The fourth-order valence-electron chi connectivity index (χ4n) is 4.08. The maximum Gasteiger partial charge on any atom is 0.348 e. The van der Waals surface area contributed by atoms with E-state index in [9.17, 15) is 14.7 Å². The number of hydrogen-bond acceptors (Lipinski definition) is 3. The third-order valence-corrected chi connectivity index (χ3v) is 5.04. The number of carbonyl (C=O) groups excluding carboxylic acids is 1. The molecule has 0 bridgehead atoms. The lowest BCUT2D eigenvalue weighted by Crippen LogP contribution is -2.46. The van der Waals surface area contributed by atoms with Crippen molar-refractivity contribution in [2.75, 3.05) is 0 Å². The van der Waals surface area contributed by atoms with Gasteiger partial charge in [-0.15, -0.1) is 0 Å². The Labute approximate surface area is 108 Å². The molecule has 102 valence electrons. The average molecular weight is 254 g/mol. The van der Waals surface area contributed by atoms with Gasteiger partial charge in [0.1, 0.15) is 0 Å². The summed E-state index contributed by atoms with van der Waals surface area (Å²) in [5, 5.41) is 9.52. The molecule has 1 aliphatic heterocycles. The van der Waals surface area contributed by atoms with Gasteiger partial charge in [0.15, 0.2) is 0 Å². The van der Waals surface area contributed by atoms with Gasteiger partial charge >= 0.3 is 11.9 Å². The first-order valence-electron chi connectivity index (χ1n) is 6.98. The first-order valence-corrected chi connectivity index (χ1v) is 6.98. The van der Waals surface area contributed by atoms with Gasteiger partial charge in [-0.25, -0.2) is 4.79 Å². The number of carbonyl (C=O) groups is 2. The largest absolute Gasteiger partial charge is 0.478 e. The zero-order valence-corrected chi connectivity index (χ0v) is 11.3. The fraction of sp³-hybridized carbons (Fsp3) is 0.857. The molecule has 18 heavy (non-hydrogen) atoms. The highest BCUT2D eigenvalue weighted by molar-refractivity contribution is 5.88. The second-order valence-corrected chi connectivity index (χ2v) is 5.59. The third kappa shape index (κ3) is 1.57. The molecule has 0 aromatic rings. The van der Waals surface area contributed by atoms with Gasteiger partial charge in [-0.2, -0.15) is 0 Å². The van der Waals surface area contributed by atoms with Gasteiger partial charge in [0.25, 0.3) is 0 Å². The summed E-state index contributed by atoms with van der Waals surface area (Å²) in [5.41, 5.74) is -1.27. The van der Waals surface area contributed by atoms with Crippen LogP contribution in [0.5, 0.6) is 0 Å². The van der Waals surface area contributed by atoms with E-state index in [0.29, 0.717) is 18.3 Å². The Bertz CT molecular complexity index is 365. The molecular formula is C14H22O4. The second-order valence-electron chi connectivity index (χ2n) is 5.59. The van der Waals surface area contributed by atoms with Crippen molar-refractivity contribution in [3.8, 4) is 0 Å². The van der Waals surface area contributed by atoms with Crippen LogP contribution in [0.1, 0.15) is 46.5 Å². The molecule has 2 fully saturated rings. The molecule has 1 aliphatic carbocycles. The van der Waals surface area contributed by atoms with E-state index in [0.717, 1.165) is 19.3 Å². The standard InChI is InChI=1S/C14H22O4/c1-4-8-7-9(5-2)11-10(8)12(15)18-14(11,6-3)13(16)17/h8-11H,4-7H2,1-3H3,(H,16,17)/t8-,9+,10+,11-,14+/m1/s1. The zero-order valence-electron chi connectivity index (χ0n) is 11.3. The van der Waals surface area contributed by atoms with E-state index in [1.54, 1.807) is 6.92 Å². The van der Waals surface area contributed by atoms with E-state index in [2.05, 4.69) is 13.8 Å². The molecule has 4 nitrogen and oxygen atoms in total. The Morgan fingerprint density at radius 3 is 2.39 bits per heavy atom. The van der Waals surface area contributed by atoms with Crippen LogP contribution in [0.4, 0.5) is 0 Å². The molecule has 5 atom stereocenters. The summed E-state index contributed by atoms with van der Waals surface area (Å²) in [6, 6.07) is 0. The van der Waals surface area contributed by atoms with E-state index in [4.69, 9.17) is 4.74 Å². The lowest BCUT2D eigenvalue weighted by molar-refractivity contribution is -0.175. The smallest absolute Gasteiger partial charge is 0.348 e. The zero-order chi connectivity index (χ0) is 13.5. The molecule has 0 aromatic heterocycles. The van der Waals surface area contributed by atoms with Crippen LogP contribution in [0.25, 0.3) is 0 Å². The van der Waals surface area contributed by atoms with E-state index < -0.39 is 11.6 Å². The van der Waals surface area contributed by atoms with Gasteiger partial charge in [-0.05, 0) is 24.7 Å². The number of esters is 1. The van der Waals surface area contributed by atoms with Gasteiger partial charge in [-0.1, -0.05) is 33.6 Å². The first-order chi connectivity index (χ1) is 8.51. The molecule has 1 saturated carbocycles. The van der Waals surface area contributed by atoms with Crippen molar-refractivity contribution in [1.29, 1.82) is 0 Å². The predicted octanol–water partition coefficient (Wildman–Crippen LogP) is 2.47. The Hall–Kier alpha value is -1.06. The van der Waals surface area contributed by atoms with Gasteiger partial charge in [0.2, 0.25) is 5.60 Å². The predicted molar refractivity (Wildman–Crippen MR) is 65.9 cm³/mol. The minimum atomic E-state index is -1.27. The quantitative estimate of drug-likeness (QED) is 0.783. The summed E-state index contributed by atoms with van der Waals surface area (Å²) in [5.74, 6) is -1.01. The summed E-state index contributed by atoms with van der Waals surface area (Å²) in [7, 11) is 0. The highest BCUT2D eigenvalue weighted by Crippen LogP contribution is 2.56. The summed E-state index contributed by atoms with van der Waals surface area (Å²) in [6.07, 6.45) is 3.17. The molecule has 2 rings (SSSR count). The lowest BCUT2D eigenvalue weighted by Gasteiger charge is -2.31. The monoisotopic (exact) mass is 254 g/mol. The average Bonchev–Trinajstić information content (AvgIpc) is 2.86. The van der Waals surface area contributed by atoms with E-state index in [1.807, 2.05) is 0 Å². The minimum Gasteiger partial charge on any atom is -0.478 e. The highest BCUT2D eigenvalue weighted by Gasteiger charge is 2.65. The molecule has 0 amide bonds. The molecule has 4 heteroatoms. The molecule has 1 heterocycles. The van der Waals surface area contributed by atoms with Crippen molar-refractivity contribution < 1.29 is 19.4 Å². The summed E-state index contributed by atoms with van der Waals surface area (Å²) in [6.45, 7) is 5.94. The third-order valence-electron chi connectivity index (χ3n) is 5.04. The number of fused-ring (bicyclic) bond motifs is 1. The van der Waals surface area contributed by atoms with Crippen LogP contribution >= 0.6 is 0 Å². The molecule has 0 aromatic carbocycles. The van der Waals surface area contributed by atoms with Gasteiger partial charge < -0.3 is 9.84 Å². The van der Waals surface area contributed by atoms with Crippen LogP contribution in [0.15, 0.2) is 0 Å². The molecule has 0 unspecified atom stereocenters. The number of cyclic esters (lactones) is 1. The summed E-state index contributed by atoms with van der Waals surface area (Å²) < 4.78 is 5.35. The van der Waals surface area contributed by atoms with Crippen LogP contribution in [0.3, 0.4) is 0 Å². The minimum absolute atomic E-state index is 0.137. The second kappa shape index (κ2) is 4.56. The molecule has 1 saturated heterocycles. The Balaban J connectivity index is 2.43. The summed E-state index contributed by atoms with van der Waals surface area (Å²) in [4.78, 5) is 23.7. The topological polar surface area (TPSA) is 63.6 Å². The van der Waals surface area contributed by atoms with Crippen LogP contribution in [0.2, 0.25) is 0 Å². The number of aliphatic carboxylic acids is 1. The first kappa shape index (κ1) is 13.4. The SMILES string of the molecule is CC[C@@H]1C[C@H](CC)[C@@H]2[C@H]1C(=O)O[C@]2(CC)C(=O)O. The van der Waals surface area contributed by atoms with Crippen molar-refractivity contribution in [2.24, 2.45) is 23.7 Å². The van der Waals surface area contributed by atoms with E-state index in [-0.39, 0.29) is 17.8 Å². The fourth-order valence-corrected chi connectivity index (χ4v) is 4.08. The van der Waals surface area contributed by atoms with E-state index >= 15 is 0 Å². The van der Waals surface area contributed by atoms with E-state index in [1.165, 1.54) is 0 Å². The van der Waals surface area contributed by atoms with Crippen LogP contribution in [-0.4, -0.2) is 22.6 Å². The van der Waals surface area contributed by atoms with Crippen LogP contribution in [0, 0.1) is 23.7 Å². The van der Waals surface area contributed by atoms with Crippen molar-refractivity contribution in [3.63, 3.8) is 0 Å². The molecule has 2 aliphatic rings. The number of carboxylic acid groups (broad SMARTS) is 1. The molecule has 1 N–H and O–H groups in total. The van der Waals surface area contributed by atoms with Crippen LogP contribution < -0.4 is 0 Å². The maximum absolute atomic E-state index is 12.1. The van der Waals surface area contributed by atoms with Crippen molar-refractivity contribution in [2.45, 2.75) is 52.1 Å². The number of rotatable bonds is 4. The van der Waals surface area contributed by atoms with Gasteiger partial charge in [-0.3, -0.25) is 4.79 Å². The Morgan fingerprint density at radius 2 is 1.94 bits per heavy atom. The van der Waals surface area contributed by atoms with Crippen LogP contribution in [-0.2, 0) is 14.3 Å². The van der Waals surface area contributed by atoms with Crippen molar-refractivity contribution in [1.82, 2.24) is 0 Å². The maximum atomic E-state index is 12.1. The number of ether oxygens (including phenoxy) is 1. The Morgan fingerprint density at radius 1 is 1.33 bits per heavy atom. The number of carboxylic acids is 1. The molecule has 0 radical (unpaired) electrons. The van der Waals surface area contributed by atoms with Crippen molar-refractivity contribution >= 4 is 11.9 Å². The highest BCUT2D eigenvalue weighted by atomic mass is 16.6. The normalized spacial score (nSPS) is 42.7. The van der Waals surface area contributed by atoms with Gasteiger partial charge in [0.05, 0.1) is 5.92 Å². The van der Waals surface area contributed by atoms with Gasteiger partial charge in [0, 0.05) is 5.92 Å². The number of hydrogen-bond donors (Lipinski definition) is 1. The van der Waals surface area contributed by atoms with Crippen molar-refractivity contribution in [3.05, 3.63) is 0 Å².